The molecule has 0 saturated heterocycles. The standard InChI is InChI=1S/C60H102O6/c1-4-7-10-13-16-19-22-25-27-29-31-32-35-38-41-44-47-50-53-59(62)65-56-57(55-64-58(61)52-49-46-43-40-37-34-24-21-18-15-12-9-6-3)66-60(63)54-51-48-45-42-39-36-33-30-28-26-23-20-17-14-11-8-5-2/h8,11-12,15,17,19-22,24,26-29,57H,4-7,9-10,13-14,16,18,23,25,30-56H2,1-3H3/b11-8-,15-12-,20-17-,22-19-,24-21-,28-26-,29-27-. The Balaban J connectivity index is 4.42. The SMILES string of the molecule is CC/C=C\C/C=C\C/C=C\CCCCCCCCCC(=O)OC(COC(=O)CCCCCCC/C=C\C/C=C\CCC)COC(=O)CCCCCCCCC/C=C\C/C=C\CCCCCC. The average Bonchev–Trinajstić information content (AvgIpc) is 3.31. The van der Waals surface area contributed by atoms with E-state index in [1.807, 2.05) is 0 Å². The molecule has 0 rings (SSSR count). The number of unbranched alkanes of at least 4 members (excludes halogenated alkanes) is 24. The summed E-state index contributed by atoms with van der Waals surface area (Å²) in [7, 11) is 0. The molecule has 0 saturated carbocycles. The van der Waals surface area contributed by atoms with Crippen LogP contribution in [0.2, 0.25) is 0 Å². The fraction of sp³-hybridized carbons (Fsp3) is 0.717. The molecular weight excluding hydrogens is 817 g/mol. The van der Waals surface area contributed by atoms with Crippen molar-refractivity contribution in [3.63, 3.8) is 0 Å². The topological polar surface area (TPSA) is 78.9 Å². The summed E-state index contributed by atoms with van der Waals surface area (Å²) in [6, 6.07) is 0. The van der Waals surface area contributed by atoms with Gasteiger partial charge in [0.25, 0.3) is 0 Å². The van der Waals surface area contributed by atoms with Gasteiger partial charge < -0.3 is 14.2 Å². The third kappa shape index (κ3) is 51.6. The van der Waals surface area contributed by atoms with Crippen molar-refractivity contribution in [2.75, 3.05) is 13.2 Å². The van der Waals surface area contributed by atoms with Crippen LogP contribution in [0.25, 0.3) is 0 Å². The molecule has 1 atom stereocenters. The summed E-state index contributed by atoms with van der Waals surface area (Å²) >= 11 is 0. The van der Waals surface area contributed by atoms with E-state index in [4.69, 9.17) is 14.2 Å². The molecule has 0 aliphatic heterocycles. The predicted octanol–water partition coefficient (Wildman–Crippen LogP) is 18.4. The Kier molecular flexibility index (Phi) is 51.4. The highest BCUT2D eigenvalue weighted by molar-refractivity contribution is 5.71. The fourth-order valence-electron chi connectivity index (χ4n) is 7.47. The van der Waals surface area contributed by atoms with Crippen molar-refractivity contribution in [3.8, 4) is 0 Å². The van der Waals surface area contributed by atoms with Crippen molar-refractivity contribution in [1.29, 1.82) is 0 Å². The van der Waals surface area contributed by atoms with E-state index in [-0.39, 0.29) is 31.1 Å². The highest BCUT2D eigenvalue weighted by Crippen LogP contribution is 2.14. The van der Waals surface area contributed by atoms with Gasteiger partial charge in [0.15, 0.2) is 6.10 Å². The quantitative estimate of drug-likeness (QED) is 0.0262. The van der Waals surface area contributed by atoms with Crippen molar-refractivity contribution >= 4 is 17.9 Å². The maximum atomic E-state index is 12.8. The maximum absolute atomic E-state index is 12.8. The summed E-state index contributed by atoms with van der Waals surface area (Å²) in [5, 5.41) is 0. The van der Waals surface area contributed by atoms with Crippen LogP contribution in [0.3, 0.4) is 0 Å². The third-order valence-corrected chi connectivity index (χ3v) is 11.6. The second-order valence-electron chi connectivity index (χ2n) is 18.1. The van der Waals surface area contributed by atoms with E-state index in [9.17, 15) is 14.4 Å². The minimum atomic E-state index is -0.791. The van der Waals surface area contributed by atoms with Crippen LogP contribution in [0.1, 0.15) is 258 Å². The summed E-state index contributed by atoms with van der Waals surface area (Å²) in [4.78, 5) is 38.1. The van der Waals surface area contributed by atoms with Gasteiger partial charge in [-0.15, -0.1) is 0 Å². The first kappa shape index (κ1) is 62.6. The van der Waals surface area contributed by atoms with E-state index < -0.39 is 6.10 Å². The summed E-state index contributed by atoms with van der Waals surface area (Å²) in [5.41, 5.74) is 0. The first-order valence-electron chi connectivity index (χ1n) is 27.6. The van der Waals surface area contributed by atoms with Crippen LogP contribution in [0.5, 0.6) is 0 Å². The van der Waals surface area contributed by atoms with Crippen molar-refractivity contribution in [3.05, 3.63) is 85.1 Å². The van der Waals surface area contributed by atoms with E-state index in [1.54, 1.807) is 0 Å². The first-order chi connectivity index (χ1) is 32.5. The van der Waals surface area contributed by atoms with Crippen molar-refractivity contribution in [2.45, 2.75) is 264 Å². The number of carbonyl (C=O) groups excluding carboxylic acids is 3. The number of hydrogen-bond donors (Lipinski definition) is 0. The van der Waals surface area contributed by atoms with E-state index in [0.717, 1.165) is 128 Å². The fourth-order valence-corrected chi connectivity index (χ4v) is 7.47. The number of ether oxygens (including phenoxy) is 3. The molecule has 0 radical (unpaired) electrons. The lowest BCUT2D eigenvalue weighted by Gasteiger charge is -2.18. The lowest BCUT2D eigenvalue weighted by Crippen LogP contribution is -2.30. The molecule has 66 heavy (non-hydrogen) atoms. The van der Waals surface area contributed by atoms with Crippen LogP contribution in [-0.4, -0.2) is 37.2 Å². The molecule has 0 aromatic carbocycles. The van der Waals surface area contributed by atoms with Gasteiger partial charge in [-0.2, -0.15) is 0 Å². The van der Waals surface area contributed by atoms with Crippen LogP contribution in [0, 0.1) is 0 Å². The molecule has 0 fully saturated rings. The zero-order valence-electron chi connectivity index (χ0n) is 43.2. The van der Waals surface area contributed by atoms with Gasteiger partial charge >= 0.3 is 17.9 Å². The molecule has 1 unspecified atom stereocenters. The lowest BCUT2D eigenvalue weighted by atomic mass is 10.1. The van der Waals surface area contributed by atoms with Crippen molar-refractivity contribution < 1.29 is 28.6 Å². The van der Waals surface area contributed by atoms with Gasteiger partial charge in [0.2, 0.25) is 0 Å². The number of rotatable bonds is 49. The second kappa shape index (κ2) is 54.2. The Bertz CT molecular complexity index is 1290. The third-order valence-electron chi connectivity index (χ3n) is 11.6. The minimum Gasteiger partial charge on any atom is -0.462 e. The van der Waals surface area contributed by atoms with Crippen LogP contribution >= 0.6 is 0 Å². The Morgan fingerprint density at radius 3 is 0.985 bits per heavy atom. The van der Waals surface area contributed by atoms with Crippen LogP contribution in [0.4, 0.5) is 0 Å². The van der Waals surface area contributed by atoms with Gasteiger partial charge in [0, 0.05) is 19.3 Å². The van der Waals surface area contributed by atoms with Gasteiger partial charge in [-0.25, -0.2) is 0 Å². The van der Waals surface area contributed by atoms with Crippen LogP contribution in [-0.2, 0) is 28.6 Å². The Morgan fingerprint density at radius 2 is 0.621 bits per heavy atom. The highest BCUT2D eigenvalue weighted by atomic mass is 16.6. The minimum absolute atomic E-state index is 0.0896. The van der Waals surface area contributed by atoms with Crippen LogP contribution < -0.4 is 0 Å². The number of allylic oxidation sites excluding steroid dienone is 14. The van der Waals surface area contributed by atoms with Gasteiger partial charge in [-0.1, -0.05) is 215 Å². The monoisotopic (exact) mass is 919 g/mol. The molecule has 6 heteroatoms. The summed E-state index contributed by atoms with van der Waals surface area (Å²) in [5.74, 6) is -0.919. The highest BCUT2D eigenvalue weighted by Gasteiger charge is 2.19. The molecule has 0 aliphatic rings. The molecular formula is C60H102O6. The number of carbonyl (C=O) groups is 3. The Morgan fingerprint density at radius 1 is 0.318 bits per heavy atom. The zero-order valence-corrected chi connectivity index (χ0v) is 43.2. The van der Waals surface area contributed by atoms with Gasteiger partial charge in [-0.3, -0.25) is 14.4 Å². The molecule has 378 valence electrons. The molecule has 0 N–H and O–H groups in total. The van der Waals surface area contributed by atoms with E-state index in [1.165, 1.54) is 89.9 Å². The van der Waals surface area contributed by atoms with Crippen LogP contribution in [0.15, 0.2) is 85.1 Å². The van der Waals surface area contributed by atoms with E-state index in [0.29, 0.717) is 19.3 Å². The average molecular weight is 919 g/mol. The summed E-state index contributed by atoms with van der Waals surface area (Å²) in [6.45, 7) is 6.43. The first-order valence-corrected chi connectivity index (χ1v) is 27.6. The Hall–Kier alpha value is -3.41. The molecule has 0 bridgehead atoms. The molecule has 0 heterocycles. The molecule has 0 spiro atoms. The molecule has 0 aliphatic carbocycles. The van der Waals surface area contributed by atoms with Crippen molar-refractivity contribution in [1.82, 2.24) is 0 Å². The van der Waals surface area contributed by atoms with E-state index >= 15 is 0 Å². The zero-order chi connectivity index (χ0) is 47.9. The summed E-state index contributed by atoms with van der Waals surface area (Å²) in [6.07, 6.45) is 69.9. The van der Waals surface area contributed by atoms with Gasteiger partial charge in [0.1, 0.15) is 13.2 Å². The number of esters is 3. The Labute approximate surface area is 407 Å². The normalized spacial score (nSPS) is 12.7. The van der Waals surface area contributed by atoms with Gasteiger partial charge in [-0.05, 0) is 109 Å². The lowest BCUT2D eigenvalue weighted by molar-refractivity contribution is -0.167. The number of hydrogen-bond acceptors (Lipinski definition) is 6. The summed E-state index contributed by atoms with van der Waals surface area (Å²) < 4.78 is 16.8. The predicted molar refractivity (Wildman–Crippen MR) is 284 cm³/mol. The maximum Gasteiger partial charge on any atom is 0.306 e. The van der Waals surface area contributed by atoms with E-state index in [2.05, 4.69) is 106 Å². The van der Waals surface area contributed by atoms with Gasteiger partial charge in [0.05, 0.1) is 0 Å². The second-order valence-corrected chi connectivity index (χ2v) is 18.1. The molecule has 0 aromatic heterocycles. The smallest absolute Gasteiger partial charge is 0.306 e. The molecule has 6 nitrogen and oxygen atoms in total. The molecule has 0 amide bonds. The van der Waals surface area contributed by atoms with Crippen molar-refractivity contribution in [2.24, 2.45) is 0 Å². The molecule has 0 aromatic rings. The largest absolute Gasteiger partial charge is 0.462 e.